The van der Waals surface area contributed by atoms with Crippen LogP contribution in [0, 0.1) is 11.8 Å². The molecule has 1 aromatic rings. The van der Waals surface area contributed by atoms with E-state index in [1.165, 1.54) is 0 Å². The Morgan fingerprint density at radius 1 is 1.64 bits per heavy atom. The number of hydrogen-bond acceptors (Lipinski definition) is 2. The van der Waals surface area contributed by atoms with Gasteiger partial charge in [0.15, 0.2) is 0 Å². The van der Waals surface area contributed by atoms with E-state index < -0.39 is 0 Å². The molecular weight excluding hydrogens is 174 g/mol. The molecule has 0 radical (unpaired) electrons. The zero-order valence-corrected chi connectivity index (χ0v) is 9.04. The molecule has 1 atom stereocenters. The number of rotatable bonds is 4. The van der Waals surface area contributed by atoms with Gasteiger partial charge < -0.3 is 9.88 Å². The van der Waals surface area contributed by atoms with Gasteiger partial charge in [-0.3, -0.25) is 0 Å². The molecule has 0 saturated carbocycles. The highest BCUT2D eigenvalue weighted by molar-refractivity contribution is 5.05. The van der Waals surface area contributed by atoms with E-state index in [1.807, 2.05) is 38.1 Å². The monoisotopic (exact) mass is 191 g/mol. The van der Waals surface area contributed by atoms with Crippen molar-refractivity contribution in [1.29, 1.82) is 0 Å². The maximum absolute atomic E-state index is 4.32. The summed E-state index contributed by atoms with van der Waals surface area (Å²) in [5.74, 6) is 5.97. The molecule has 0 bridgehead atoms. The molecule has 0 aliphatic heterocycles. The second-order valence-corrected chi connectivity index (χ2v) is 3.27. The van der Waals surface area contributed by atoms with Crippen LogP contribution in [0.25, 0.3) is 0 Å². The van der Waals surface area contributed by atoms with Gasteiger partial charge >= 0.3 is 0 Å². The van der Waals surface area contributed by atoms with Crippen molar-refractivity contribution in [3.63, 3.8) is 0 Å². The smallest absolute Gasteiger partial charge is 0.0947 e. The Morgan fingerprint density at radius 3 is 2.93 bits per heavy atom. The van der Waals surface area contributed by atoms with E-state index in [2.05, 4.69) is 22.1 Å². The molecule has 3 heteroatoms. The van der Waals surface area contributed by atoms with Crippen molar-refractivity contribution in [2.24, 2.45) is 7.05 Å². The van der Waals surface area contributed by atoms with Crippen LogP contribution in [-0.4, -0.2) is 16.6 Å². The second-order valence-electron chi connectivity index (χ2n) is 3.27. The van der Waals surface area contributed by atoms with Crippen LogP contribution in [0.5, 0.6) is 0 Å². The van der Waals surface area contributed by atoms with Crippen molar-refractivity contribution >= 4 is 0 Å². The highest BCUT2D eigenvalue weighted by Gasteiger charge is 2.10. The molecule has 0 amide bonds. The summed E-state index contributed by atoms with van der Waals surface area (Å²) in [4.78, 5) is 4.32. The van der Waals surface area contributed by atoms with Crippen LogP contribution in [0.1, 0.15) is 31.5 Å². The standard InChI is InChI=1S/C11H17N3/c1-4-5-6-7-10(12-2)11-8-14(3)9-13-11/h8-10,12H,6-7H2,1-3H3. The summed E-state index contributed by atoms with van der Waals surface area (Å²) in [6.45, 7) is 1.87. The van der Waals surface area contributed by atoms with E-state index >= 15 is 0 Å². The number of imidazole rings is 1. The molecule has 76 valence electrons. The van der Waals surface area contributed by atoms with E-state index in [0.29, 0.717) is 6.04 Å². The largest absolute Gasteiger partial charge is 0.340 e. The lowest BCUT2D eigenvalue weighted by molar-refractivity contribution is 0.546. The Hall–Kier alpha value is -1.27. The molecule has 1 N–H and O–H groups in total. The maximum Gasteiger partial charge on any atom is 0.0947 e. The molecule has 1 heterocycles. The lowest BCUT2D eigenvalue weighted by Gasteiger charge is -2.11. The number of nitrogens with zero attached hydrogens (tertiary/aromatic N) is 2. The first-order valence-electron chi connectivity index (χ1n) is 4.82. The molecule has 1 unspecified atom stereocenters. The zero-order chi connectivity index (χ0) is 10.4. The second kappa shape index (κ2) is 5.46. The van der Waals surface area contributed by atoms with Gasteiger partial charge in [-0.25, -0.2) is 4.98 Å². The van der Waals surface area contributed by atoms with Crippen LogP contribution in [0.15, 0.2) is 12.5 Å². The Morgan fingerprint density at radius 2 is 2.43 bits per heavy atom. The van der Waals surface area contributed by atoms with Gasteiger partial charge in [0.25, 0.3) is 0 Å². The third-order valence-electron chi connectivity index (χ3n) is 2.17. The molecule has 14 heavy (non-hydrogen) atoms. The van der Waals surface area contributed by atoms with Gasteiger partial charge in [0.1, 0.15) is 0 Å². The molecule has 1 aromatic heterocycles. The van der Waals surface area contributed by atoms with Crippen LogP contribution in [0.2, 0.25) is 0 Å². The molecule has 0 saturated heterocycles. The van der Waals surface area contributed by atoms with Gasteiger partial charge in [0, 0.05) is 19.7 Å². The van der Waals surface area contributed by atoms with Crippen LogP contribution < -0.4 is 5.32 Å². The van der Waals surface area contributed by atoms with Crippen molar-refractivity contribution in [2.75, 3.05) is 7.05 Å². The lowest BCUT2D eigenvalue weighted by atomic mass is 10.1. The average molecular weight is 191 g/mol. The summed E-state index contributed by atoms with van der Waals surface area (Å²) in [7, 11) is 3.94. The van der Waals surface area contributed by atoms with Gasteiger partial charge in [0.05, 0.1) is 18.1 Å². The van der Waals surface area contributed by atoms with Crippen molar-refractivity contribution < 1.29 is 0 Å². The number of nitrogens with one attached hydrogen (secondary N) is 1. The van der Waals surface area contributed by atoms with E-state index in [1.54, 1.807) is 0 Å². The Bertz CT molecular complexity index is 330. The quantitative estimate of drug-likeness (QED) is 0.731. The molecule has 0 fully saturated rings. The van der Waals surface area contributed by atoms with Gasteiger partial charge in [0.2, 0.25) is 0 Å². The number of hydrogen-bond donors (Lipinski definition) is 1. The van der Waals surface area contributed by atoms with Gasteiger partial charge in [-0.2, -0.15) is 0 Å². The predicted molar refractivity (Wildman–Crippen MR) is 57.7 cm³/mol. The number of aryl methyl sites for hydroxylation is 1. The maximum atomic E-state index is 4.32. The molecule has 3 nitrogen and oxygen atoms in total. The fraction of sp³-hybridized carbons (Fsp3) is 0.545. The summed E-state index contributed by atoms with van der Waals surface area (Å²) in [5, 5.41) is 3.25. The minimum absolute atomic E-state index is 0.317. The van der Waals surface area contributed by atoms with Crippen molar-refractivity contribution in [1.82, 2.24) is 14.9 Å². The van der Waals surface area contributed by atoms with E-state index in [9.17, 15) is 0 Å². The van der Waals surface area contributed by atoms with E-state index in [4.69, 9.17) is 0 Å². The summed E-state index contributed by atoms with van der Waals surface area (Å²) in [6, 6.07) is 0.317. The van der Waals surface area contributed by atoms with Gasteiger partial charge in [-0.15, -0.1) is 11.8 Å². The van der Waals surface area contributed by atoms with Crippen LogP contribution >= 0.6 is 0 Å². The fourth-order valence-electron chi connectivity index (χ4n) is 1.39. The van der Waals surface area contributed by atoms with Gasteiger partial charge in [-0.05, 0) is 20.4 Å². The topological polar surface area (TPSA) is 29.9 Å². The first-order valence-corrected chi connectivity index (χ1v) is 4.82. The number of aromatic nitrogens is 2. The zero-order valence-electron chi connectivity index (χ0n) is 9.04. The minimum atomic E-state index is 0.317. The predicted octanol–water partition coefficient (Wildman–Crippen LogP) is 1.48. The molecular formula is C11H17N3. The lowest BCUT2D eigenvalue weighted by Crippen LogP contribution is -2.16. The third-order valence-corrected chi connectivity index (χ3v) is 2.17. The Balaban J connectivity index is 2.56. The highest BCUT2D eigenvalue weighted by atomic mass is 15.0. The minimum Gasteiger partial charge on any atom is -0.340 e. The van der Waals surface area contributed by atoms with Crippen molar-refractivity contribution in [3.05, 3.63) is 18.2 Å². The van der Waals surface area contributed by atoms with Crippen molar-refractivity contribution in [2.45, 2.75) is 25.8 Å². The first kappa shape index (κ1) is 10.8. The Labute approximate surface area is 85.5 Å². The molecule has 0 aliphatic rings. The average Bonchev–Trinajstić information content (AvgIpc) is 2.60. The molecule has 0 aromatic carbocycles. The first-order chi connectivity index (χ1) is 6.77. The van der Waals surface area contributed by atoms with Crippen LogP contribution in [-0.2, 0) is 7.05 Å². The molecule has 0 spiro atoms. The summed E-state index contributed by atoms with van der Waals surface area (Å²) in [6.07, 6.45) is 5.79. The van der Waals surface area contributed by atoms with Crippen LogP contribution in [0.3, 0.4) is 0 Å². The summed E-state index contributed by atoms with van der Waals surface area (Å²) < 4.78 is 1.96. The SMILES string of the molecule is CC#CCCC(NC)c1cn(C)cn1. The summed E-state index contributed by atoms with van der Waals surface area (Å²) >= 11 is 0. The normalized spacial score (nSPS) is 11.9. The Kier molecular flexibility index (Phi) is 4.21. The molecule has 0 aliphatic carbocycles. The van der Waals surface area contributed by atoms with Crippen LogP contribution in [0.4, 0.5) is 0 Å². The van der Waals surface area contributed by atoms with Crippen molar-refractivity contribution in [3.8, 4) is 11.8 Å². The molecule has 1 rings (SSSR count). The fourth-order valence-corrected chi connectivity index (χ4v) is 1.39. The van der Waals surface area contributed by atoms with Gasteiger partial charge in [-0.1, -0.05) is 0 Å². The third kappa shape index (κ3) is 2.90. The van der Waals surface area contributed by atoms with E-state index in [0.717, 1.165) is 18.5 Å². The van der Waals surface area contributed by atoms with E-state index in [-0.39, 0.29) is 0 Å². The summed E-state index contributed by atoms with van der Waals surface area (Å²) in [5.41, 5.74) is 1.09. The highest BCUT2D eigenvalue weighted by Crippen LogP contribution is 2.14.